The molecular weight excluding hydrogens is 470 g/mol. The fraction of sp³-hybridized carbons (Fsp3) is 0.107. The standard InChI is InChI=1S/C28H25N5O2S/c1-20-26(27(34)33(31(20)2)23-12-8-5-9-13-23)32-25(22-10-6-4-7-11-22)19-36-28(32)30-29-18-21-14-16-24(35-3)17-15-21/h4-19H,1-3H3/b29-18+,30-28+. The number of ether oxygens (including phenoxy) is 1. The fourth-order valence-corrected chi connectivity index (χ4v) is 4.90. The highest BCUT2D eigenvalue weighted by molar-refractivity contribution is 7.07. The van der Waals surface area contributed by atoms with Gasteiger partial charge < -0.3 is 4.74 Å². The van der Waals surface area contributed by atoms with Gasteiger partial charge in [0.2, 0.25) is 4.80 Å². The van der Waals surface area contributed by atoms with Crippen molar-refractivity contribution in [2.75, 3.05) is 7.11 Å². The van der Waals surface area contributed by atoms with Gasteiger partial charge in [0.25, 0.3) is 5.56 Å². The lowest BCUT2D eigenvalue weighted by Crippen LogP contribution is -2.24. The smallest absolute Gasteiger partial charge is 0.296 e. The van der Waals surface area contributed by atoms with Crippen LogP contribution in [-0.4, -0.2) is 27.3 Å². The molecule has 0 fully saturated rings. The molecule has 0 saturated carbocycles. The molecule has 0 aliphatic heterocycles. The first-order valence-corrected chi connectivity index (χ1v) is 12.3. The van der Waals surface area contributed by atoms with Gasteiger partial charge in [-0.3, -0.25) is 14.0 Å². The van der Waals surface area contributed by atoms with Crippen LogP contribution in [0.4, 0.5) is 0 Å². The number of hydrogen-bond acceptors (Lipinski definition) is 5. The summed E-state index contributed by atoms with van der Waals surface area (Å²) in [6, 6.07) is 27.2. The maximum absolute atomic E-state index is 13.8. The summed E-state index contributed by atoms with van der Waals surface area (Å²) in [5.74, 6) is 0.780. The second kappa shape index (κ2) is 10.1. The Morgan fingerprint density at radius 3 is 2.25 bits per heavy atom. The van der Waals surface area contributed by atoms with Crippen LogP contribution in [0.25, 0.3) is 22.6 Å². The summed E-state index contributed by atoms with van der Waals surface area (Å²) in [6.07, 6.45) is 1.69. The van der Waals surface area contributed by atoms with Crippen LogP contribution < -0.4 is 15.1 Å². The molecule has 2 heterocycles. The average molecular weight is 496 g/mol. The predicted molar refractivity (Wildman–Crippen MR) is 145 cm³/mol. The van der Waals surface area contributed by atoms with Crippen LogP contribution in [0.1, 0.15) is 11.3 Å². The third-order valence-corrected chi connectivity index (χ3v) is 6.81. The second-order valence-electron chi connectivity index (χ2n) is 8.13. The summed E-state index contributed by atoms with van der Waals surface area (Å²) in [7, 11) is 3.52. The molecular formula is C28H25N5O2S. The highest BCUT2D eigenvalue weighted by Gasteiger charge is 2.21. The summed E-state index contributed by atoms with van der Waals surface area (Å²) in [5.41, 5.74) is 4.80. The van der Waals surface area contributed by atoms with Gasteiger partial charge in [0.1, 0.15) is 11.4 Å². The van der Waals surface area contributed by atoms with Gasteiger partial charge in [-0.05, 0) is 54.4 Å². The van der Waals surface area contributed by atoms with Gasteiger partial charge in [0, 0.05) is 12.4 Å². The predicted octanol–water partition coefficient (Wildman–Crippen LogP) is 4.95. The average Bonchev–Trinajstić information content (AvgIpc) is 3.42. The molecule has 0 aliphatic carbocycles. The minimum atomic E-state index is -0.127. The van der Waals surface area contributed by atoms with Crippen LogP contribution in [0.15, 0.2) is 105 Å². The van der Waals surface area contributed by atoms with E-state index in [1.807, 2.05) is 114 Å². The van der Waals surface area contributed by atoms with Gasteiger partial charge in [-0.25, -0.2) is 4.68 Å². The molecule has 5 rings (SSSR count). The van der Waals surface area contributed by atoms with Gasteiger partial charge in [0.15, 0.2) is 0 Å². The molecule has 7 nitrogen and oxygen atoms in total. The molecule has 0 spiro atoms. The maximum atomic E-state index is 13.8. The lowest BCUT2D eigenvalue weighted by Gasteiger charge is -2.08. The van der Waals surface area contributed by atoms with Crippen LogP contribution in [0.2, 0.25) is 0 Å². The lowest BCUT2D eigenvalue weighted by molar-refractivity contribution is 0.415. The Kier molecular flexibility index (Phi) is 6.51. The van der Waals surface area contributed by atoms with Crippen molar-refractivity contribution in [3.05, 3.63) is 117 Å². The second-order valence-corrected chi connectivity index (χ2v) is 8.97. The van der Waals surface area contributed by atoms with Crippen LogP contribution in [0.3, 0.4) is 0 Å². The minimum Gasteiger partial charge on any atom is -0.497 e. The lowest BCUT2D eigenvalue weighted by atomic mass is 10.1. The zero-order chi connectivity index (χ0) is 25.1. The fourth-order valence-electron chi connectivity index (χ4n) is 4.05. The topological polar surface area (TPSA) is 65.8 Å². The first-order chi connectivity index (χ1) is 17.6. The van der Waals surface area contributed by atoms with E-state index < -0.39 is 0 Å². The molecule has 180 valence electrons. The molecule has 0 radical (unpaired) electrons. The van der Waals surface area contributed by atoms with E-state index in [-0.39, 0.29) is 5.56 Å². The Hall–Kier alpha value is -4.43. The molecule has 0 bridgehead atoms. The van der Waals surface area contributed by atoms with E-state index in [1.54, 1.807) is 18.0 Å². The largest absolute Gasteiger partial charge is 0.497 e. The van der Waals surface area contributed by atoms with Crippen molar-refractivity contribution in [2.24, 2.45) is 17.3 Å². The summed E-state index contributed by atoms with van der Waals surface area (Å²) in [5, 5.41) is 10.9. The summed E-state index contributed by atoms with van der Waals surface area (Å²) >= 11 is 1.44. The van der Waals surface area contributed by atoms with Crippen LogP contribution in [0.5, 0.6) is 5.75 Å². The van der Waals surface area contributed by atoms with E-state index >= 15 is 0 Å². The molecule has 36 heavy (non-hydrogen) atoms. The van der Waals surface area contributed by atoms with Crippen molar-refractivity contribution in [3.63, 3.8) is 0 Å². The third kappa shape index (κ3) is 4.34. The Morgan fingerprint density at radius 2 is 1.58 bits per heavy atom. The van der Waals surface area contributed by atoms with Crippen molar-refractivity contribution >= 4 is 17.6 Å². The van der Waals surface area contributed by atoms with Gasteiger partial charge in [0.05, 0.1) is 30.4 Å². The first kappa shape index (κ1) is 23.3. The molecule has 8 heteroatoms. The van der Waals surface area contributed by atoms with E-state index in [0.29, 0.717) is 10.5 Å². The molecule has 0 unspecified atom stereocenters. The molecule has 0 aliphatic rings. The molecule has 3 aromatic carbocycles. The number of para-hydroxylation sites is 1. The molecule has 0 amide bonds. The van der Waals surface area contributed by atoms with Crippen LogP contribution in [0, 0.1) is 6.92 Å². The van der Waals surface area contributed by atoms with Gasteiger partial charge in [-0.15, -0.1) is 16.4 Å². The number of nitrogens with zero attached hydrogens (tertiary/aromatic N) is 5. The first-order valence-electron chi connectivity index (χ1n) is 11.4. The number of methoxy groups -OCH3 is 1. The maximum Gasteiger partial charge on any atom is 0.296 e. The van der Waals surface area contributed by atoms with E-state index in [4.69, 9.17) is 4.74 Å². The van der Waals surface area contributed by atoms with Gasteiger partial charge in [-0.1, -0.05) is 48.5 Å². The van der Waals surface area contributed by atoms with Crippen molar-refractivity contribution in [2.45, 2.75) is 6.92 Å². The zero-order valence-corrected chi connectivity index (χ0v) is 21.0. The van der Waals surface area contributed by atoms with E-state index in [2.05, 4.69) is 10.2 Å². The Bertz CT molecular complexity index is 1640. The van der Waals surface area contributed by atoms with Gasteiger partial charge in [-0.2, -0.15) is 5.10 Å². The monoisotopic (exact) mass is 495 g/mol. The van der Waals surface area contributed by atoms with E-state index in [0.717, 1.165) is 34.0 Å². The molecule has 0 N–H and O–H groups in total. The molecule has 5 aromatic rings. The summed E-state index contributed by atoms with van der Waals surface area (Å²) < 4.78 is 10.7. The van der Waals surface area contributed by atoms with E-state index in [9.17, 15) is 4.79 Å². The van der Waals surface area contributed by atoms with Crippen LogP contribution >= 0.6 is 11.3 Å². The highest BCUT2D eigenvalue weighted by Crippen LogP contribution is 2.24. The summed E-state index contributed by atoms with van der Waals surface area (Å²) in [6.45, 7) is 1.94. The van der Waals surface area contributed by atoms with Gasteiger partial charge >= 0.3 is 0 Å². The van der Waals surface area contributed by atoms with Crippen molar-refractivity contribution < 1.29 is 4.74 Å². The summed E-state index contributed by atoms with van der Waals surface area (Å²) in [4.78, 5) is 14.4. The van der Waals surface area contributed by atoms with E-state index in [1.165, 1.54) is 11.3 Å². The normalized spacial score (nSPS) is 11.9. The number of benzene rings is 3. The Morgan fingerprint density at radius 1 is 0.917 bits per heavy atom. The SMILES string of the molecule is COc1ccc(/C=N/N=c2/scc(-c3ccccc3)n2-c2c(C)n(C)n(-c3ccccc3)c2=O)cc1. The van der Waals surface area contributed by atoms with Crippen molar-refractivity contribution in [1.82, 2.24) is 13.9 Å². The third-order valence-electron chi connectivity index (χ3n) is 5.99. The van der Waals surface area contributed by atoms with Crippen LogP contribution in [-0.2, 0) is 7.05 Å². The van der Waals surface area contributed by atoms with Crippen molar-refractivity contribution in [1.29, 1.82) is 0 Å². The number of rotatable bonds is 6. The highest BCUT2D eigenvalue weighted by atomic mass is 32.1. The number of aromatic nitrogens is 3. The van der Waals surface area contributed by atoms with Crippen molar-refractivity contribution in [3.8, 4) is 28.4 Å². The Labute approximate surface area is 212 Å². The minimum absolute atomic E-state index is 0.127. The Balaban J connectivity index is 1.69. The molecule has 0 atom stereocenters. The number of thiazole rings is 1. The molecule has 0 saturated heterocycles. The number of hydrogen-bond donors (Lipinski definition) is 0. The molecule has 2 aromatic heterocycles. The zero-order valence-electron chi connectivity index (χ0n) is 20.2. The quantitative estimate of drug-likeness (QED) is 0.247.